The van der Waals surface area contributed by atoms with E-state index in [9.17, 15) is 8.42 Å². The Bertz CT molecular complexity index is 476. The Morgan fingerprint density at radius 2 is 2.12 bits per heavy atom. The Hall–Kier alpha value is 0.380. The van der Waals surface area contributed by atoms with E-state index in [1.807, 2.05) is 6.92 Å². The highest BCUT2D eigenvalue weighted by atomic mass is 79.9. The lowest BCUT2D eigenvalue weighted by Gasteiger charge is -2.09. The molecule has 0 aliphatic rings. The molecule has 1 aromatic rings. The molecule has 1 atom stereocenters. The minimum Gasteiger partial charge on any atom is -0.210 e. The molecule has 1 rings (SSSR count). The molecule has 0 saturated heterocycles. The van der Waals surface area contributed by atoms with Crippen molar-refractivity contribution in [3.05, 3.63) is 27.7 Å². The maximum atomic E-state index is 11.8. The number of halogens is 3. The zero-order chi connectivity index (χ0) is 12.3. The highest BCUT2D eigenvalue weighted by Gasteiger charge is 2.17. The average molecular weight is 392 g/mol. The van der Waals surface area contributed by atoms with Gasteiger partial charge in [0.15, 0.2) is 0 Å². The van der Waals surface area contributed by atoms with E-state index >= 15 is 0 Å². The van der Waals surface area contributed by atoms with Crippen LogP contribution in [0.4, 0.5) is 0 Å². The van der Waals surface area contributed by atoms with Crippen molar-refractivity contribution in [1.82, 2.24) is 4.72 Å². The Morgan fingerprint density at radius 3 is 2.62 bits per heavy atom. The fraction of sp³-hybridized carbons (Fsp3) is 0.333. The van der Waals surface area contributed by atoms with Gasteiger partial charge in [-0.2, -0.15) is 0 Å². The maximum Gasteiger partial charge on any atom is 0.242 e. The predicted octanol–water partition coefficient (Wildman–Crippen LogP) is 3.16. The fourth-order valence-corrected chi connectivity index (χ4v) is 3.54. The number of rotatable bonds is 4. The van der Waals surface area contributed by atoms with Crippen LogP contribution in [0, 0.1) is 0 Å². The van der Waals surface area contributed by atoms with Gasteiger partial charge < -0.3 is 0 Å². The Labute approximate surface area is 117 Å². The molecule has 0 bridgehead atoms. The first-order valence-electron chi connectivity index (χ1n) is 4.41. The molecule has 0 amide bonds. The minimum absolute atomic E-state index is 0.0662. The van der Waals surface area contributed by atoms with E-state index in [1.165, 1.54) is 6.07 Å². The van der Waals surface area contributed by atoms with Gasteiger partial charge >= 0.3 is 0 Å². The van der Waals surface area contributed by atoms with Gasteiger partial charge in [-0.25, -0.2) is 13.1 Å². The molecule has 3 nitrogen and oxygen atoms in total. The summed E-state index contributed by atoms with van der Waals surface area (Å²) in [6.45, 7) is 2.17. The zero-order valence-corrected chi connectivity index (χ0v) is 13.1. The van der Waals surface area contributed by atoms with Crippen LogP contribution in [0.2, 0.25) is 5.02 Å². The van der Waals surface area contributed by atoms with Gasteiger partial charge in [0.2, 0.25) is 10.0 Å². The van der Waals surface area contributed by atoms with E-state index in [1.54, 1.807) is 12.1 Å². The highest BCUT2D eigenvalue weighted by Crippen LogP contribution is 2.25. The number of hydrogen-bond donors (Lipinski definition) is 1. The summed E-state index contributed by atoms with van der Waals surface area (Å²) in [5.41, 5.74) is 0. The summed E-state index contributed by atoms with van der Waals surface area (Å²) >= 11 is 12.3. The van der Waals surface area contributed by atoms with Crippen LogP contribution < -0.4 is 4.72 Å². The van der Waals surface area contributed by atoms with E-state index in [-0.39, 0.29) is 14.7 Å². The molecule has 0 fully saturated rings. The van der Waals surface area contributed by atoms with E-state index in [4.69, 9.17) is 11.6 Å². The molecule has 0 aromatic heterocycles. The Morgan fingerprint density at radius 1 is 1.50 bits per heavy atom. The van der Waals surface area contributed by atoms with Crippen LogP contribution in [0.5, 0.6) is 0 Å². The summed E-state index contributed by atoms with van der Waals surface area (Å²) in [5, 5.41) is 0.198. The van der Waals surface area contributed by atoms with E-state index in [2.05, 4.69) is 36.6 Å². The topological polar surface area (TPSA) is 46.2 Å². The second-order valence-corrected chi connectivity index (χ2v) is 7.83. The lowest BCUT2D eigenvalue weighted by molar-refractivity contribution is 0.582. The van der Waals surface area contributed by atoms with Crippen molar-refractivity contribution < 1.29 is 8.42 Å². The number of benzene rings is 1. The van der Waals surface area contributed by atoms with Crippen LogP contribution in [-0.4, -0.2) is 19.8 Å². The van der Waals surface area contributed by atoms with Crippen LogP contribution in [0.3, 0.4) is 0 Å². The van der Waals surface area contributed by atoms with E-state index in [0.717, 1.165) is 4.47 Å². The minimum atomic E-state index is -3.54. The van der Waals surface area contributed by atoms with Gasteiger partial charge in [0.25, 0.3) is 0 Å². The summed E-state index contributed by atoms with van der Waals surface area (Å²) in [7, 11) is -3.54. The van der Waals surface area contributed by atoms with Crippen molar-refractivity contribution in [1.29, 1.82) is 0 Å². The summed E-state index contributed by atoms with van der Waals surface area (Å²) in [5.74, 6) is 0. The highest BCUT2D eigenvalue weighted by molar-refractivity contribution is 9.10. The third-order valence-electron chi connectivity index (χ3n) is 1.74. The molecule has 7 heteroatoms. The first-order chi connectivity index (χ1) is 7.33. The second kappa shape index (κ2) is 5.82. The molecule has 0 aliphatic heterocycles. The summed E-state index contributed by atoms with van der Waals surface area (Å²) in [6.07, 6.45) is 0. The molecule has 0 aliphatic carbocycles. The standard InChI is InChI=1S/C9H10Br2ClNO2S/c1-6(10)5-13-16(14,15)9-3-2-7(11)4-8(9)12/h2-4,6,13H,5H2,1H3. The number of alkyl halides is 1. The first-order valence-corrected chi connectivity index (χ1v) is 7.98. The normalized spacial score (nSPS) is 13.8. The van der Waals surface area contributed by atoms with Gasteiger partial charge in [-0.15, -0.1) is 0 Å². The number of sulfonamides is 1. The Balaban J connectivity index is 2.99. The molecule has 1 aromatic carbocycles. The van der Waals surface area contributed by atoms with Gasteiger partial charge in [-0.1, -0.05) is 50.4 Å². The van der Waals surface area contributed by atoms with E-state index < -0.39 is 10.0 Å². The van der Waals surface area contributed by atoms with Crippen LogP contribution in [0.25, 0.3) is 0 Å². The van der Waals surface area contributed by atoms with Crippen molar-refractivity contribution >= 4 is 53.5 Å². The Kier molecular flexibility index (Phi) is 5.25. The summed E-state index contributed by atoms with van der Waals surface area (Å²) < 4.78 is 26.9. The van der Waals surface area contributed by atoms with Crippen LogP contribution in [0.1, 0.15) is 6.92 Å². The van der Waals surface area contributed by atoms with Crippen molar-refractivity contribution in [2.75, 3.05) is 6.54 Å². The molecule has 1 unspecified atom stereocenters. The molecule has 0 spiro atoms. The van der Waals surface area contributed by atoms with Gasteiger partial charge in [0.1, 0.15) is 4.90 Å². The van der Waals surface area contributed by atoms with Crippen LogP contribution in [-0.2, 0) is 10.0 Å². The van der Waals surface area contributed by atoms with Crippen LogP contribution >= 0.6 is 43.5 Å². The van der Waals surface area contributed by atoms with E-state index in [0.29, 0.717) is 6.54 Å². The molecule has 0 radical (unpaired) electrons. The molecule has 1 N–H and O–H groups in total. The first kappa shape index (κ1) is 14.4. The molecule has 90 valence electrons. The smallest absolute Gasteiger partial charge is 0.210 e. The zero-order valence-electron chi connectivity index (χ0n) is 8.38. The van der Waals surface area contributed by atoms with Crippen molar-refractivity contribution in [2.45, 2.75) is 16.6 Å². The molecule has 0 heterocycles. The van der Waals surface area contributed by atoms with Crippen molar-refractivity contribution in [3.8, 4) is 0 Å². The number of nitrogens with one attached hydrogen (secondary N) is 1. The predicted molar refractivity (Wildman–Crippen MR) is 72.7 cm³/mol. The molecule has 0 saturated carbocycles. The van der Waals surface area contributed by atoms with Gasteiger partial charge in [-0.05, 0) is 18.2 Å². The monoisotopic (exact) mass is 389 g/mol. The second-order valence-electron chi connectivity index (χ2n) is 3.21. The van der Waals surface area contributed by atoms with Gasteiger partial charge in [0, 0.05) is 15.8 Å². The van der Waals surface area contributed by atoms with Crippen LogP contribution in [0.15, 0.2) is 27.6 Å². The molecular weight excluding hydrogens is 381 g/mol. The third kappa shape index (κ3) is 4.00. The van der Waals surface area contributed by atoms with Gasteiger partial charge in [-0.3, -0.25) is 0 Å². The largest absolute Gasteiger partial charge is 0.242 e. The van der Waals surface area contributed by atoms with Crippen molar-refractivity contribution in [2.24, 2.45) is 0 Å². The lowest BCUT2D eigenvalue weighted by atomic mass is 10.4. The quantitative estimate of drug-likeness (QED) is 0.802. The molecule has 16 heavy (non-hydrogen) atoms. The summed E-state index contributed by atoms with van der Waals surface area (Å²) in [6, 6.07) is 4.65. The molecular formula is C9H10Br2ClNO2S. The lowest BCUT2D eigenvalue weighted by Crippen LogP contribution is -2.28. The summed E-state index contributed by atoms with van der Waals surface area (Å²) in [4.78, 5) is 0.155. The average Bonchev–Trinajstić information content (AvgIpc) is 2.14. The number of hydrogen-bond acceptors (Lipinski definition) is 2. The van der Waals surface area contributed by atoms with Gasteiger partial charge in [0.05, 0.1) is 5.02 Å². The van der Waals surface area contributed by atoms with Crippen molar-refractivity contribution in [3.63, 3.8) is 0 Å². The maximum absolute atomic E-state index is 11.8. The fourth-order valence-electron chi connectivity index (χ4n) is 0.995. The third-order valence-corrected chi connectivity index (χ3v) is 4.46. The SMILES string of the molecule is CC(Br)CNS(=O)(=O)c1ccc(Br)cc1Cl.